The van der Waals surface area contributed by atoms with Gasteiger partial charge < -0.3 is 4.57 Å². The molecule has 0 saturated heterocycles. The third-order valence-electron chi connectivity index (χ3n) is 7.35. The monoisotopic (exact) mass is 457 g/mol. The zero-order valence-corrected chi connectivity index (χ0v) is 20.1. The Balaban J connectivity index is 1.27. The summed E-state index contributed by atoms with van der Waals surface area (Å²) >= 11 is 0. The van der Waals surface area contributed by atoms with E-state index in [1.807, 2.05) is 0 Å². The predicted molar refractivity (Wildman–Crippen MR) is 157 cm³/mol. The average Bonchev–Trinajstić information content (AvgIpc) is 3.28. The van der Waals surface area contributed by atoms with Gasteiger partial charge in [0.25, 0.3) is 0 Å². The summed E-state index contributed by atoms with van der Waals surface area (Å²) in [4.78, 5) is 0. The van der Waals surface area contributed by atoms with Crippen LogP contribution in [0.25, 0.3) is 60.5 Å². The maximum Gasteiger partial charge on any atom is 0.140 e. The molecule has 7 aromatic rings. The Hall–Kier alpha value is -4.56. The molecule has 0 radical (unpaired) electrons. The lowest BCUT2D eigenvalue weighted by atomic mass is 9.85. The topological polar surface area (TPSA) is 4.93 Å². The number of aromatic nitrogens is 1. The highest BCUT2D eigenvalue weighted by atomic mass is 15.0. The first kappa shape index (κ1) is 20.8. The molecule has 1 heterocycles. The highest BCUT2D eigenvalue weighted by Gasteiger charge is 2.11. The molecule has 168 valence electrons. The van der Waals surface area contributed by atoms with Gasteiger partial charge in [-0.2, -0.15) is 0 Å². The summed E-state index contributed by atoms with van der Waals surface area (Å²) in [5.41, 5.74) is 9.96. The highest BCUT2D eigenvalue weighted by molar-refractivity contribution is 6.40. The van der Waals surface area contributed by atoms with E-state index in [0.29, 0.717) is 0 Å². The van der Waals surface area contributed by atoms with E-state index in [1.165, 1.54) is 66.0 Å². The molecule has 0 saturated carbocycles. The smallest absolute Gasteiger partial charge is 0.140 e. The number of benzene rings is 6. The van der Waals surface area contributed by atoms with Gasteiger partial charge in [0.1, 0.15) is 7.85 Å². The Morgan fingerprint density at radius 1 is 0.444 bits per heavy atom. The molecule has 0 N–H and O–H groups in total. The summed E-state index contributed by atoms with van der Waals surface area (Å²) < 4.78 is 2.36. The quantitative estimate of drug-likeness (QED) is 0.242. The number of nitrogens with zero attached hydrogens (tertiary/aromatic N) is 1. The lowest BCUT2D eigenvalue weighted by Gasteiger charge is -2.12. The second-order valence-corrected chi connectivity index (χ2v) is 9.47. The van der Waals surface area contributed by atoms with Gasteiger partial charge in [-0.05, 0) is 57.3 Å². The van der Waals surface area contributed by atoms with Crippen molar-refractivity contribution in [1.29, 1.82) is 0 Å². The van der Waals surface area contributed by atoms with Crippen molar-refractivity contribution in [3.63, 3.8) is 0 Å². The summed E-state index contributed by atoms with van der Waals surface area (Å²) in [6.45, 7) is 0. The summed E-state index contributed by atoms with van der Waals surface area (Å²) in [7, 11) is 2.19. The van der Waals surface area contributed by atoms with Crippen LogP contribution in [0.2, 0.25) is 0 Å². The van der Waals surface area contributed by atoms with Gasteiger partial charge in [-0.3, -0.25) is 0 Å². The van der Waals surface area contributed by atoms with E-state index < -0.39 is 0 Å². The summed E-state index contributed by atoms with van der Waals surface area (Å²) in [5, 5.41) is 5.20. The van der Waals surface area contributed by atoms with E-state index >= 15 is 0 Å². The van der Waals surface area contributed by atoms with Gasteiger partial charge in [0.2, 0.25) is 0 Å². The zero-order chi connectivity index (χ0) is 24.1. The van der Waals surface area contributed by atoms with Gasteiger partial charge in [-0.1, -0.05) is 115 Å². The van der Waals surface area contributed by atoms with E-state index in [1.54, 1.807) is 0 Å². The number of para-hydroxylation sites is 2. The first-order valence-corrected chi connectivity index (χ1v) is 12.5. The van der Waals surface area contributed by atoms with E-state index in [-0.39, 0.29) is 0 Å². The highest BCUT2D eigenvalue weighted by Crippen LogP contribution is 2.33. The van der Waals surface area contributed by atoms with Crippen LogP contribution in [0.4, 0.5) is 0 Å². The third-order valence-corrected chi connectivity index (χ3v) is 7.35. The van der Waals surface area contributed by atoms with Crippen molar-refractivity contribution in [2.45, 2.75) is 0 Å². The van der Waals surface area contributed by atoms with Crippen LogP contribution < -0.4 is 5.46 Å². The minimum atomic E-state index is 1.18. The standard InChI is InChI=1S/C34H24BN/c35-31-12-6-8-26-7-5-11-28(34(26)31)25-17-15-23(16-18-25)24-19-21-27(22-20-24)36-32-13-3-1-9-29(32)30-10-2-4-14-33(30)36/h1-22H,35H2. The summed E-state index contributed by atoms with van der Waals surface area (Å²) in [6.07, 6.45) is 0. The second-order valence-electron chi connectivity index (χ2n) is 9.47. The molecule has 7 rings (SSSR count). The van der Waals surface area contributed by atoms with E-state index in [0.717, 1.165) is 0 Å². The Bertz CT molecular complexity index is 1820. The van der Waals surface area contributed by atoms with Crippen LogP contribution in [0.5, 0.6) is 0 Å². The zero-order valence-electron chi connectivity index (χ0n) is 20.1. The fourth-order valence-corrected chi connectivity index (χ4v) is 5.62. The van der Waals surface area contributed by atoms with Crippen molar-refractivity contribution in [3.05, 3.63) is 133 Å². The molecule has 0 amide bonds. The molecule has 6 aromatic carbocycles. The van der Waals surface area contributed by atoms with Crippen molar-refractivity contribution in [2.75, 3.05) is 0 Å². The molecule has 0 spiro atoms. The van der Waals surface area contributed by atoms with Crippen molar-refractivity contribution in [2.24, 2.45) is 0 Å². The normalized spacial score (nSPS) is 11.4. The molecule has 0 unspecified atom stereocenters. The Morgan fingerprint density at radius 3 is 1.61 bits per heavy atom. The molecular weight excluding hydrogens is 433 g/mol. The lowest BCUT2D eigenvalue weighted by molar-refractivity contribution is 1.18. The Kier molecular flexibility index (Phi) is 4.78. The molecule has 0 aliphatic heterocycles. The number of hydrogen-bond acceptors (Lipinski definition) is 0. The number of hydrogen-bond donors (Lipinski definition) is 0. The van der Waals surface area contributed by atoms with Gasteiger partial charge in [-0.15, -0.1) is 0 Å². The van der Waals surface area contributed by atoms with Crippen molar-refractivity contribution >= 4 is 45.9 Å². The maximum absolute atomic E-state index is 2.36. The van der Waals surface area contributed by atoms with Crippen LogP contribution in [-0.2, 0) is 0 Å². The van der Waals surface area contributed by atoms with Gasteiger partial charge >= 0.3 is 0 Å². The Morgan fingerprint density at radius 2 is 0.972 bits per heavy atom. The molecule has 36 heavy (non-hydrogen) atoms. The molecule has 1 aromatic heterocycles. The molecule has 0 aliphatic rings. The maximum atomic E-state index is 2.36. The van der Waals surface area contributed by atoms with Crippen LogP contribution in [0.1, 0.15) is 0 Å². The first-order chi connectivity index (χ1) is 17.8. The number of rotatable bonds is 3. The Labute approximate surface area is 211 Å². The molecule has 0 atom stereocenters. The second kappa shape index (κ2) is 8.28. The minimum absolute atomic E-state index is 1.18. The first-order valence-electron chi connectivity index (χ1n) is 12.5. The molecule has 0 aliphatic carbocycles. The van der Waals surface area contributed by atoms with Crippen molar-refractivity contribution in [1.82, 2.24) is 4.57 Å². The van der Waals surface area contributed by atoms with Crippen LogP contribution in [0.3, 0.4) is 0 Å². The van der Waals surface area contributed by atoms with Gasteiger partial charge in [0.15, 0.2) is 0 Å². The van der Waals surface area contributed by atoms with E-state index in [2.05, 4.69) is 146 Å². The minimum Gasteiger partial charge on any atom is -0.309 e. The van der Waals surface area contributed by atoms with Crippen LogP contribution in [0.15, 0.2) is 133 Å². The predicted octanol–water partition coefficient (Wildman–Crippen LogP) is 7.53. The van der Waals surface area contributed by atoms with Crippen molar-refractivity contribution < 1.29 is 0 Å². The lowest BCUT2D eigenvalue weighted by Crippen LogP contribution is -2.04. The largest absolute Gasteiger partial charge is 0.309 e. The molecular formula is C34H24BN. The molecule has 0 bridgehead atoms. The average molecular weight is 457 g/mol. The summed E-state index contributed by atoms with van der Waals surface area (Å²) in [5.74, 6) is 0. The fraction of sp³-hybridized carbons (Fsp3) is 0. The van der Waals surface area contributed by atoms with Crippen molar-refractivity contribution in [3.8, 4) is 27.9 Å². The molecule has 2 heteroatoms. The van der Waals surface area contributed by atoms with Crippen LogP contribution in [-0.4, -0.2) is 12.4 Å². The summed E-state index contributed by atoms with van der Waals surface area (Å²) in [6, 6.07) is 48.3. The van der Waals surface area contributed by atoms with E-state index in [9.17, 15) is 0 Å². The SMILES string of the molecule is Bc1cccc2cccc(-c3ccc(-c4ccc(-n5c6ccccc6c6ccccc65)cc4)cc3)c12. The molecule has 0 fully saturated rings. The van der Waals surface area contributed by atoms with E-state index in [4.69, 9.17) is 0 Å². The van der Waals surface area contributed by atoms with Gasteiger partial charge in [0.05, 0.1) is 11.0 Å². The van der Waals surface area contributed by atoms with Gasteiger partial charge in [0, 0.05) is 16.5 Å². The fourth-order valence-electron chi connectivity index (χ4n) is 5.62. The molecule has 1 nitrogen and oxygen atoms in total. The van der Waals surface area contributed by atoms with Crippen LogP contribution in [0, 0.1) is 0 Å². The van der Waals surface area contributed by atoms with Gasteiger partial charge in [-0.25, -0.2) is 0 Å². The number of fused-ring (bicyclic) bond motifs is 4. The van der Waals surface area contributed by atoms with Crippen LogP contribution >= 0.6 is 0 Å². The third kappa shape index (κ3) is 3.26.